The van der Waals surface area contributed by atoms with Gasteiger partial charge in [0.25, 0.3) is 0 Å². The van der Waals surface area contributed by atoms with Crippen LogP contribution in [-0.2, 0) is 4.79 Å². The van der Waals surface area contributed by atoms with Gasteiger partial charge in [0.05, 0.1) is 12.6 Å². The third-order valence-electron chi connectivity index (χ3n) is 1.87. The van der Waals surface area contributed by atoms with E-state index < -0.39 is 0 Å². The summed E-state index contributed by atoms with van der Waals surface area (Å²) in [5.74, 6) is 2.32. The highest BCUT2D eigenvalue weighted by Gasteiger charge is 2.11. The first-order chi connectivity index (χ1) is 6.61. The van der Waals surface area contributed by atoms with E-state index in [0.717, 1.165) is 6.54 Å². The van der Waals surface area contributed by atoms with Crippen LogP contribution < -0.4 is 10.6 Å². The molecule has 0 aromatic carbocycles. The predicted octanol–water partition coefficient (Wildman–Crippen LogP) is 0.465. The van der Waals surface area contributed by atoms with E-state index in [9.17, 15) is 4.79 Å². The molecule has 0 rings (SSSR count). The van der Waals surface area contributed by atoms with Crippen LogP contribution in [0.4, 0.5) is 0 Å². The lowest BCUT2D eigenvalue weighted by molar-refractivity contribution is -0.122. The molecule has 0 saturated heterocycles. The Morgan fingerprint density at radius 3 is 2.71 bits per heavy atom. The summed E-state index contributed by atoms with van der Waals surface area (Å²) in [6.07, 6.45) is 7.08. The van der Waals surface area contributed by atoms with Gasteiger partial charge in [-0.15, -0.1) is 6.42 Å². The lowest BCUT2D eigenvalue weighted by Gasteiger charge is -2.15. The smallest absolute Gasteiger partial charge is 0.237 e. The molecule has 80 valence electrons. The van der Waals surface area contributed by atoms with E-state index in [2.05, 4.69) is 29.7 Å². The summed E-state index contributed by atoms with van der Waals surface area (Å²) in [4.78, 5) is 11.3. The summed E-state index contributed by atoms with van der Waals surface area (Å²) < 4.78 is 0. The monoisotopic (exact) mass is 214 g/mol. The van der Waals surface area contributed by atoms with Crippen LogP contribution in [0, 0.1) is 12.3 Å². The molecule has 1 amide bonds. The highest BCUT2D eigenvalue weighted by atomic mass is 32.2. The molecule has 0 aliphatic heterocycles. The molecular weight excluding hydrogens is 196 g/mol. The topological polar surface area (TPSA) is 41.1 Å². The average molecular weight is 214 g/mol. The summed E-state index contributed by atoms with van der Waals surface area (Å²) in [5, 5.41) is 6.28. The zero-order valence-electron chi connectivity index (χ0n) is 8.96. The van der Waals surface area contributed by atoms with Gasteiger partial charge in [0.1, 0.15) is 0 Å². The third kappa shape index (κ3) is 5.90. The summed E-state index contributed by atoms with van der Waals surface area (Å²) in [7, 11) is 0. The highest BCUT2D eigenvalue weighted by molar-refractivity contribution is 7.99. The van der Waals surface area contributed by atoms with E-state index in [4.69, 9.17) is 6.42 Å². The van der Waals surface area contributed by atoms with Crippen molar-refractivity contribution in [1.29, 1.82) is 0 Å². The average Bonchev–Trinajstić information content (AvgIpc) is 2.21. The van der Waals surface area contributed by atoms with Crippen LogP contribution in [0.3, 0.4) is 0 Å². The minimum atomic E-state index is -0.182. The Morgan fingerprint density at radius 2 is 2.21 bits per heavy atom. The number of carbonyl (C=O) groups is 1. The standard InChI is InChI=1S/C10H18N2OS/c1-5-6-11-10(13)9(3)12-7-8(2)14-4/h1,8-9,12H,6-7H2,2-4H3,(H,11,13). The quantitative estimate of drug-likeness (QED) is 0.631. The molecule has 0 aromatic heterocycles. The molecule has 2 unspecified atom stereocenters. The van der Waals surface area contributed by atoms with Crippen molar-refractivity contribution in [3.8, 4) is 12.3 Å². The minimum Gasteiger partial charge on any atom is -0.344 e. The second kappa shape index (κ2) is 7.72. The predicted molar refractivity (Wildman–Crippen MR) is 62.3 cm³/mol. The van der Waals surface area contributed by atoms with Crippen molar-refractivity contribution in [1.82, 2.24) is 10.6 Å². The molecule has 0 spiro atoms. The minimum absolute atomic E-state index is 0.0451. The van der Waals surface area contributed by atoms with Crippen LogP contribution in [0.2, 0.25) is 0 Å². The normalized spacial score (nSPS) is 14.1. The van der Waals surface area contributed by atoms with Crippen molar-refractivity contribution < 1.29 is 4.79 Å². The first-order valence-electron chi connectivity index (χ1n) is 4.59. The van der Waals surface area contributed by atoms with Crippen molar-refractivity contribution in [3.05, 3.63) is 0 Å². The molecule has 2 N–H and O–H groups in total. The number of hydrogen-bond donors (Lipinski definition) is 2. The zero-order chi connectivity index (χ0) is 11.0. The summed E-state index contributed by atoms with van der Waals surface area (Å²) >= 11 is 1.77. The highest BCUT2D eigenvalue weighted by Crippen LogP contribution is 2.02. The van der Waals surface area contributed by atoms with E-state index in [-0.39, 0.29) is 11.9 Å². The second-order valence-corrected chi connectivity index (χ2v) is 4.37. The first-order valence-corrected chi connectivity index (χ1v) is 5.88. The van der Waals surface area contributed by atoms with Gasteiger partial charge in [0.2, 0.25) is 5.91 Å². The van der Waals surface area contributed by atoms with Gasteiger partial charge in [0, 0.05) is 11.8 Å². The molecule has 2 atom stereocenters. The van der Waals surface area contributed by atoms with Gasteiger partial charge in [0.15, 0.2) is 0 Å². The lowest BCUT2D eigenvalue weighted by atomic mass is 10.3. The molecule has 0 aromatic rings. The van der Waals surface area contributed by atoms with Crippen LogP contribution >= 0.6 is 11.8 Å². The zero-order valence-corrected chi connectivity index (χ0v) is 9.78. The Hall–Kier alpha value is -0.660. The van der Waals surface area contributed by atoms with Gasteiger partial charge < -0.3 is 10.6 Å². The lowest BCUT2D eigenvalue weighted by Crippen LogP contribution is -2.44. The van der Waals surface area contributed by atoms with Gasteiger partial charge in [-0.1, -0.05) is 12.8 Å². The molecule has 0 fully saturated rings. The van der Waals surface area contributed by atoms with E-state index in [1.54, 1.807) is 11.8 Å². The fourth-order valence-corrected chi connectivity index (χ4v) is 1.07. The van der Waals surface area contributed by atoms with Crippen LogP contribution in [0.25, 0.3) is 0 Å². The van der Waals surface area contributed by atoms with Gasteiger partial charge in [-0.25, -0.2) is 0 Å². The number of thioether (sulfide) groups is 1. The maximum absolute atomic E-state index is 11.3. The number of carbonyl (C=O) groups excluding carboxylic acids is 1. The van der Waals surface area contributed by atoms with E-state index in [1.165, 1.54) is 0 Å². The Morgan fingerprint density at radius 1 is 1.57 bits per heavy atom. The number of hydrogen-bond acceptors (Lipinski definition) is 3. The van der Waals surface area contributed by atoms with Gasteiger partial charge in [-0.3, -0.25) is 4.79 Å². The molecule has 0 radical (unpaired) electrons. The molecule has 4 heteroatoms. The Balaban J connectivity index is 3.68. The maximum Gasteiger partial charge on any atom is 0.237 e. The second-order valence-electron chi connectivity index (χ2n) is 3.10. The molecule has 0 heterocycles. The molecule has 0 saturated carbocycles. The summed E-state index contributed by atoms with van der Waals surface area (Å²) in [6, 6.07) is -0.182. The van der Waals surface area contributed by atoms with Gasteiger partial charge in [-0.2, -0.15) is 11.8 Å². The number of rotatable bonds is 6. The summed E-state index contributed by atoms with van der Waals surface area (Å²) in [6.45, 7) is 5.07. The van der Waals surface area contributed by atoms with Crippen LogP contribution in [-0.4, -0.2) is 36.5 Å². The van der Waals surface area contributed by atoms with Crippen LogP contribution in [0.5, 0.6) is 0 Å². The number of terminal acetylenes is 1. The number of nitrogens with one attached hydrogen (secondary N) is 2. The Kier molecular flexibility index (Phi) is 7.35. The van der Waals surface area contributed by atoms with E-state index in [1.807, 2.05) is 6.92 Å². The van der Waals surface area contributed by atoms with E-state index >= 15 is 0 Å². The molecule has 14 heavy (non-hydrogen) atoms. The van der Waals surface area contributed by atoms with Crippen molar-refractivity contribution in [2.24, 2.45) is 0 Å². The molecule has 0 bridgehead atoms. The Bertz CT molecular complexity index is 213. The fraction of sp³-hybridized carbons (Fsp3) is 0.700. The SMILES string of the molecule is C#CCNC(=O)C(C)NCC(C)SC. The molecular formula is C10H18N2OS. The van der Waals surface area contributed by atoms with Crippen molar-refractivity contribution in [2.75, 3.05) is 19.3 Å². The third-order valence-corrected chi connectivity index (χ3v) is 2.84. The first kappa shape index (κ1) is 13.3. The number of amides is 1. The maximum atomic E-state index is 11.3. The largest absolute Gasteiger partial charge is 0.344 e. The van der Waals surface area contributed by atoms with Gasteiger partial charge >= 0.3 is 0 Å². The Labute approximate surface area is 90.4 Å². The fourth-order valence-electron chi connectivity index (χ4n) is 0.810. The van der Waals surface area contributed by atoms with Gasteiger partial charge in [-0.05, 0) is 13.2 Å². The van der Waals surface area contributed by atoms with Crippen LogP contribution in [0.15, 0.2) is 0 Å². The molecule has 3 nitrogen and oxygen atoms in total. The van der Waals surface area contributed by atoms with Crippen LogP contribution in [0.1, 0.15) is 13.8 Å². The van der Waals surface area contributed by atoms with Crippen molar-refractivity contribution in [3.63, 3.8) is 0 Å². The molecule has 0 aliphatic carbocycles. The molecule has 0 aliphatic rings. The van der Waals surface area contributed by atoms with Crippen molar-refractivity contribution >= 4 is 17.7 Å². The van der Waals surface area contributed by atoms with Crippen molar-refractivity contribution in [2.45, 2.75) is 25.1 Å². The summed E-state index contributed by atoms with van der Waals surface area (Å²) in [5.41, 5.74) is 0. The van der Waals surface area contributed by atoms with E-state index in [0.29, 0.717) is 11.8 Å².